The Morgan fingerprint density at radius 2 is 1.82 bits per heavy atom. The van der Waals surface area contributed by atoms with Gasteiger partial charge < -0.3 is 20.7 Å². The SMILES string of the molecule is N#Cc1ccc(NC(=O)COC(=O)CNC(=O)NCc2ccccc2)cc1Cl. The van der Waals surface area contributed by atoms with Crippen LogP contribution in [0.2, 0.25) is 5.02 Å². The van der Waals surface area contributed by atoms with Crippen molar-refractivity contribution < 1.29 is 19.1 Å². The molecule has 0 spiro atoms. The fourth-order valence-electron chi connectivity index (χ4n) is 2.07. The third-order valence-corrected chi connectivity index (χ3v) is 3.74. The number of urea groups is 1. The maximum Gasteiger partial charge on any atom is 0.325 e. The minimum atomic E-state index is -0.761. The summed E-state index contributed by atoms with van der Waals surface area (Å²) in [5, 5.41) is 16.4. The van der Waals surface area contributed by atoms with Crippen LogP contribution in [0.4, 0.5) is 10.5 Å². The van der Waals surface area contributed by atoms with Gasteiger partial charge in [0, 0.05) is 12.2 Å². The summed E-state index contributed by atoms with van der Waals surface area (Å²) < 4.78 is 4.79. The lowest BCUT2D eigenvalue weighted by Gasteiger charge is -2.09. The number of esters is 1. The Kier molecular flexibility index (Phi) is 7.81. The number of ether oxygens (including phenoxy) is 1. The van der Waals surface area contributed by atoms with Crippen LogP contribution in [0, 0.1) is 11.3 Å². The van der Waals surface area contributed by atoms with Crippen LogP contribution in [0.15, 0.2) is 48.5 Å². The molecule has 0 bridgehead atoms. The Bertz CT molecular complexity index is 897. The van der Waals surface area contributed by atoms with Crippen molar-refractivity contribution in [1.82, 2.24) is 10.6 Å². The summed E-state index contributed by atoms with van der Waals surface area (Å²) in [5.74, 6) is -1.34. The number of hydrogen-bond donors (Lipinski definition) is 3. The van der Waals surface area contributed by atoms with Crippen molar-refractivity contribution in [2.24, 2.45) is 0 Å². The summed E-state index contributed by atoms with van der Waals surface area (Å²) in [4.78, 5) is 35.0. The van der Waals surface area contributed by atoms with Gasteiger partial charge in [-0.05, 0) is 23.8 Å². The molecular weight excluding hydrogens is 384 g/mol. The summed E-state index contributed by atoms with van der Waals surface area (Å²) in [6.07, 6.45) is 0. The number of nitrogens with zero attached hydrogens (tertiary/aromatic N) is 1. The minimum absolute atomic E-state index is 0.197. The zero-order valence-corrected chi connectivity index (χ0v) is 15.5. The highest BCUT2D eigenvalue weighted by Crippen LogP contribution is 2.20. The molecule has 0 heterocycles. The number of carbonyl (C=O) groups excluding carboxylic acids is 3. The van der Waals surface area contributed by atoms with E-state index < -0.39 is 24.5 Å². The third kappa shape index (κ3) is 6.97. The van der Waals surface area contributed by atoms with E-state index >= 15 is 0 Å². The molecule has 0 saturated carbocycles. The van der Waals surface area contributed by atoms with Crippen molar-refractivity contribution >= 4 is 35.2 Å². The van der Waals surface area contributed by atoms with Crippen LogP contribution in [0.25, 0.3) is 0 Å². The molecule has 28 heavy (non-hydrogen) atoms. The second kappa shape index (κ2) is 10.5. The number of nitrogens with one attached hydrogen (secondary N) is 3. The van der Waals surface area contributed by atoms with Gasteiger partial charge in [-0.15, -0.1) is 0 Å². The number of amides is 3. The second-order valence-corrected chi connectivity index (χ2v) is 5.94. The maximum absolute atomic E-state index is 11.8. The van der Waals surface area contributed by atoms with Gasteiger partial charge in [0.1, 0.15) is 12.6 Å². The van der Waals surface area contributed by atoms with Crippen LogP contribution in [0.5, 0.6) is 0 Å². The molecule has 8 nitrogen and oxygen atoms in total. The molecule has 2 aromatic carbocycles. The van der Waals surface area contributed by atoms with Gasteiger partial charge in [-0.3, -0.25) is 9.59 Å². The van der Waals surface area contributed by atoms with E-state index in [1.165, 1.54) is 18.2 Å². The van der Waals surface area contributed by atoms with Crippen LogP contribution in [-0.2, 0) is 20.9 Å². The van der Waals surface area contributed by atoms with Gasteiger partial charge in [0.2, 0.25) is 0 Å². The number of nitriles is 1. The van der Waals surface area contributed by atoms with Crippen LogP contribution in [0.1, 0.15) is 11.1 Å². The number of carbonyl (C=O) groups is 3. The van der Waals surface area contributed by atoms with Gasteiger partial charge in [0.05, 0.1) is 10.6 Å². The quantitative estimate of drug-likeness (QED) is 0.615. The van der Waals surface area contributed by atoms with Crippen LogP contribution < -0.4 is 16.0 Å². The molecule has 2 aromatic rings. The molecule has 0 unspecified atom stereocenters. The molecule has 3 N–H and O–H groups in total. The van der Waals surface area contributed by atoms with E-state index in [0.29, 0.717) is 12.2 Å². The fraction of sp³-hybridized carbons (Fsp3) is 0.158. The maximum atomic E-state index is 11.8. The second-order valence-electron chi connectivity index (χ2n) is 5.54. The molecule has 9 heteroatoms. The number of benzene rings is 2. The summed E-state index contributed by atoms with van der Waals surface area (Å²) in [6, 6.07) is 15.0. The van der Waals surface area contributed by atoms with Crippen molar-refractivity contribution in [2.45, 2.75) is 6.54 Å². The fourth-order valence-corrected chi connectivity index (χ4v) is 2.29. The van der Waals surface area contributed by atoms with Gasteiger partial charge in [0.25, 0.3) is 5.91 Å². The Morgan fingerprint density at radius 3 is 2.50 bits per heavy atom. The molecule has 0 aliphatic rings. The first-order valence-corrected chi connectivity index (χ1v) is 8.56. The average molecular weight is 401 g/mol. The lowest BCUT2D eigenvalue weighted by atomic mass is 10.2. The van der Waals surface area contributed by atoms with E-state index in [1.807, 2.05) is 36.4 Å². The van der Waals surface area contributed by atoms with Gasteiger partial charge in [-0.2, -0.15) is 5.26 Å². The number of halogens is 1. The molecule has 0 atom stereocenters. The van der Waals surface area contributed by atoms with Gasteiger partial charge in [-0.25, -0.2) is 4.79 Å². The summed E-state index contributed by atoms with van der Waals surface area (Å²) in [7, 11) is 0. The molecule has 0 aliphatic heterocycles. The predicted octanol–water partition coefficient (Wildman–Crippen LogP) is 2.19. The average Bonchev–Trinajstić information content (AvgIpc) is 2.70. The highest BCUT2D eigenvalue weighted by Gasteiger charge is 2.10. The van der Waals surface area contributed by atoms with Crippen molar-refractivity contribution in [2.75, 3.05) is 18.5 Å². The van der Waals surface area contributed by atoms with E-state index in [-0.39, 0.29) is 17.1 Å². The van der Waals surface area contributed by atoms with Gasteiger partial charge >= 0.3 is 12.0 Å². The van der Waals surface area contributed by atoms with Crippen LogP contribution in [0.3, 0.4) is 0 Å². The van der Waals surface area contributed by atoms with E-state index in [9.17, 15) is 14.4 Å². The van der Waals surface area contributed by atoms with Gasteiger partial charge in [0.15, 0.2) is 6.61 Å². The number of anilines is 1. The number of rotatable bonds is 7. The van der Waals surface area contributed by atoms with E-state index in [1.54, 1.807) is 0 Å². The molecule has 3 amide bonds. The van der Waals surface area contributed by atoms with Gasteiger partial charge in [-0.1, -0.05) is 41.9 Å². The Morgan fingerprint density at radius 1 is 1.07 bits per heavy atom. The Labute approximate surface area is 166 Å². The first-order valence-electron chi connectivity index (χ1n) is 8.18. The zero-order chi connectivity index (χ0) is 20.4. The zero-order valence-electron chi connectivity index (χ0n) is 14.7. The summed E-state index contributed by atoms with van der Waals surface area (Å²) >= 11 is 5.87. The van der Waals surface area contributed by atoms with Crippen molar-refractivity contribution in [3.63, 3.8) is 0 Å². The Balaban J connectivity index is 1.66. The topological polar surface area (TPSA) is 120 Å². The summed E-state index contributed by atoms with van der Waals surface area (Å²) in [5.41, 5.74) is 1.56. The molecule has 0 radical (unpaired) electrons. The van der Waals surface area contributed by atoms with Crippen molar-refractivity contribution in [3.05, 3.63) is 64.7 Å². The molecule has 0 aliphatic carbocycles. The molecule has 0 fully saturated rings. The first kappa shape index (κ1) is 20.7. The monoisotopic (exact) mass is 400 g/mol. The molecule has 0 saturated heterocycles. The Hall–Kier alpha value is -3.57. The highest BCUT2D eigenvalue weighted by atomic mass is 35.5. The van der Waals surface area contributed by atoms with E-state index in [2.05, 4.69) is 16.0 Å². The highest BCUT2D eigenvalue weighted by molar-refractivity contribution is 6.32. The van der Waals surface area contributed by atoms with Crippen LogP contribution in [-0.4, -0.2) is 31.1 Å². The van der Waals surface area contributed by atoms with E-state index in [4.69, 9.17) is 21.6 Å². The van der Waals surface area contributed by atoms with Crippen molar-refractivity contribution in [1.29, 1.82) is 5.26 Å². The van der Waals surface area contributed by atoms with Crippen LogP contribution >= 0.6 is 11.6 Å². The first-order chi connectivity index (χ1) is 13.5. The lowest BCUT2D eigenvalue weighted by molar-refractivity contribution is -0.146. The minimum Gasteiger partial charge on any atom is -0.454 e. The summed E-state index contributed by atoms with van der Waals surface area (Å²) in [6.45, 7) is -0.586. The van der Waals surface area contributed by atoms with E-state index in [0.717, 1.165) is 5.56 Å². The molecule has 2 rings (SSSR count). The predicted molar refractivity (Wildman–Crippen MR) is 102 cm³/mol. The third-order valence-electron chi connectivity index (χ3n) is 3.43. The molecular formula is C19H17ClN4O4. The standard InChI is InChI=1S/C19H17ClN4O4/c20-16-8-15(7-6-14(16)9-21)24-17(25)12-28-18(26)11-23-19(27)22-10-13-4-2-1-3-5-13/h1-8H,10-12H2,(H,24,25)(H2,22,23,27). The molecule has 144 valence electrons. The largest absolute Gasteiger partial charge is 0.454 e. The normalized spacial score (nSPS) is 9.71. The number of hydrogen-bond acceptors (Lipinski definition) is 5. The molecule has 0 aromatic heterocycles. The smallest absolute Gasteiger partial charge is 0.325 e. The lowest BCUT2D eigenvalue weighted by Crippen LogP contribution is -2.39. The van der Waals surface area contributed by atoms with Crippen molar-refractivity contribution in [3.8, 4) is 6.07 Å².